The van der Waals surface area contributed by atoms with E-state index in [-0.39, 0.29) is 17.9 Å². The number of rotatable bonds is 3. The van der Waals surface area contributed by atoms with Crippen LogP contribution < -0.4 is 5.32 Å². The van der Waals surface area contributed by atoms with Crippen LogP contribution in [0.5, 0.6) is 0 Å². The lowest BCUT2D eigenvalue weighted by molar-refractivity contribution is -0.150. The number of hydrogen-bond donors (Lipinski definition) is 2. The van der Waals surface area contributed by atoms with Crippen LogP contribution in [-0.4, -0.2) is 41.5 Å². The number of aliphatic hydroxyl groups is 1. The zero-order chi connectivity index (χ0) is 15.3. The number of carbonyl (C=O) groups excluding carboxylic acids is 2. The van der Waals surface area contributed by atoms with Gasteiger partial charge >= 0.3 is 12.1 Å². The molecule has 20 heavy (non-hydrogen) atoms. The number of alkyl carbamates (subject to hydrolysis) is 1. The second-order valence-electron chi connectivity index (χ2n) is 6.08. The quantitative estimate of drug-likeness (QED) is 0.770. The van der Waals surface area contributed by atoms with Crippen molar-refractivity contribution in [2.24, 2.45) is 5.92 Å². The summed E-state index contributed by atoms with van der Waals surface area (Å²) < 4.78 is 10.1. The van der Waals surface area contributed by atoms with E-state index in [0.717, 1.165) is 0 Å². The van der Waals surface area contributed by atoms with Crippen molar-refractivity contribution in [3.05, 3.63) is 0 Å². The molecule has 1 aliphatic rings. The van der Waals surface area contributed by atoms with Gasteiger partial charge in [0.15, 0.2) is 0 Å². The Bertz CT molecular complexity index is 350. The van der Waals surface area contributed by atoms with Crippen LogP contribution >= 0.6 is 0 Å². The number of esters is 1. The summed E-state index contributed by atoms with van der Waals surface area (Å²) in [5.41, 5.74) is -0.572. The van der Waals surface area contributed by atoms with Crippen LogP contribution in [0.15, 0.2) is 0 Å². The van der Waals surface area contributed by atoms with Crippen molar-refractivity contribution in [2.75, 3.05) is 6.61 Å². The molecule has 116 valence electrons. The minimum absolute atomic E-state index is 0.276. The molecule has 0 aromatic carbocycles. The van der Waals surface area contributed by atoms with Crippen molar-refractivity contribution in [2.45, 2.75) is 64.7 Å². The molecule has 3 atom stereocenters. The second-order valence-corrected chi connectivity index (χ2v) is 6.08. The van der Waals surface area contributed by atoms with E-state index in [0.29, 0.717) is 25.9 Å². The highest BCUT2D eigenvalue weighted by molar-refractivity contribution is 5.73. The number of hydrogen-bond acceptors (Lipinski definition) is 5. The molecule has 1 aliphatic carbocycles. The lowest BCUT2D eigenvalue weighted by atomic mass is 9.84. The highest BCUT2D eigenvalue weighted by Gasteiger charge is 2.35. The fourth-order valence-corrected chi connectivity index (χ4v) is 2.25. The summed E-state index contributed by atoms with van der Waals surface area (Å²) in [5, 5.41) is 12.7. The lowest BCUT2D eigenvalue weighted by Crippen LogP contribution is -2.49. The summed E-state index contributed by atoms with van der Waals surface area (Å²) in [6, 6.07) is -0.379. The fourth-order valence-electron chi connectivity index (χ4n) is 2.25. The van der Waals surface area contributed by atoms with Gasteiger partial charge in [0.1, 0.15) is 5.60 Å². The molecule has 0 bridgehead atoms. The lowest BCUT2D eigenvalue weighted by Gasteiger charge is -2.33. The van der Waals surface area contributed by atoms with Gasteiger partial charge in [-0.25, -0.2) is 4.79 Å². The van der Waals surface area contributed by atoms with Gasteiger partial charge in [-0.3, -0.25) is 4.79 Å². The zero-order valence-electron chi connectivity index (χ0n) is 12.6. The van der Waals surface area contributed by atoms with Gasteiger partial charge in [-0.05, 0) is 47.0 Å². The van der Waals surface area contributed by atoms with Crippen molar-refractivity contribution in [1.82, 2.24) is 5.32 Å². The Kier molecular flexibility index (Phi) is 5.80. The maximum atomic E-state index is 11.7. The second kappa shape index (κ2) is 6.92. The number of carbonyl (C=O) groups is 2. The molecular weight excluding hydrogens is 262 g/mol. The predicted octanol–water partition coefficient (Wildman–Crippen LogP) is 1.60. The summed E-state index contributed by atoms with van der Waals surface area (Å²) in [6.07, 6.45) is 0.126. The summed E-state index contributed by atoms with van der Waals surface area (Å²) >= 11 is 0. The van der Waals surface area contributed by atoms with E-state index in [9.17, 15) is 14.7 Å². The maximum absolute atomic E-state index is 11.7. The van der Waals surface area contributed by atoms with Crippen molar-refractivity contribution in [3.63, 3.8) is 0 Å². The molecule has 0 heterocycles. The number of nitrogens with one attached hydrogen (secondary N) is 1. The van der Waals surface area contributed by atoms with Gasteiger partial charge in [0.2, 0.25) is 0 Å². The van der Waals surface area contributed by atoms with Gasteiger partial charge in [0.25, 0.3) is 0 Å². The third kappa shape index (κ3) is 5.36. The van der Waals surface area contributed by atoms with Crippen LogP contribution in [-0.2, 0) is 14.3 Å². The molecular formula is C14H25NO5. The standard InChI is InChI=1S/C14H25NO5/c1-5-19-12(17)9-6-7-10(11(16)8-9)15-13(18)20-14(2,3)4/h9-11,16H,5-8H2,1-4H3,(H,15,18)/t9-,10+,11+/m0/s1. The fraction of sp³-hybridized carbons (Fsp3) is 0.857. The Balaban J connectivity index is 2.45. The van der Waals surface area contributed by atoms with Crippen molar-refractivity contribution < 1.29 is 24.2 Å². The smallest absolute Gasteiger partial charge is 0.407 e. The zero-order valence-corrected chi connectivity index (χ0v) is 12.6. The average Bonchev–Trinajstić information content (AvgIpc) is 2.29. The predicted molar refractivity (Wildman–Crippen MR) is 73.1 cm³/mol. The molecule has 1 rings (SSSR count). The number of amides is 1. The normalized spacial score (nSPS) is 26.8. The molecule has 6 nitrogen and oxygen atoms in total. The molecule has 0 aromatic heterocycles. The van der Waals surface area contributed by atoms with Crippen LogP contribution in [0.3, 0.4) is 0 Å². The first-order valence-corrected chi connectivity index (χ1v) is 7.07. The Labute approximate surface area is 119 Å². The minimum Gasteiger partial charge on any atom is -0.466 e. The Morgan fingerprint density at radius 2 is 1.95 bits per heavy atom. The van der Waals surface area contributed by atoms with Gasteiger partial charge in [-0.2, -0.15) is 0 Å². The SMILES string of the molecule is CCOC(=O)[C@H]1CC[C@@H](NC(=O)OC(C)(C)C)[C@H](O)C1. The third-order valence-electron chi connectivity index (χ3n) is 3.14. The van der Waals surface area contributed by atoms with E-state index in [1.54, 1.807) is 27.7 Å². The van der Waals surface area contributed by atoms with Gasteiger partial charge in [0, 0.05) is 0 Å². The Hall–Kier alpha value is -1.30. The van der Waals surface area contributed by atoms with Crippen molar-refractivity contribution in [1.29, 1.82) is 0 Å². The number of aliphatic hydroxyl groups excluding tert-OH is 1. The third-order valence-corrected chi connectivity index (χ3v) is 3.14. The van der Waals surface area contributed by atoms with Crippen LogP contribution in [0.25, 0.3) is 0 Å². The molecule has 0 aliphatic heterocycles. The van der Waals surface area contributed by atoms with E-state index in [1.165, 1.54) is 0 Å². The molecule has 0 aromatic rings. The first-order chi connectivity index (χ1) is 9.23. The summed E-state index contributed by atoms with van der Waals surface area (Å²) in [6.45, 7) is 7.43. The van der Waals surface area contributed by atoms with Gasteiger partial charge < -0.3 is 19.9 Å². The van der Waals surface area contributed by atoms with Gasteiger partial charge in [-0.15, -0.1) is 0 Å². The maximum Gasteiger partial charge on any atom is 0.407 e. The molecule has 2 N–H and O–H groups in total. The minimum atomic E-state index is -0.759. The van der Waals surface area contributed by atoms with E-state index in [1.807, 2.05) is 0 Å². The molecule has 1 saturated carbocycles. The first kappa shape index (κ1) is 16.8. The van der Waals surface area contributed by atoms with Crippen molar-refractivity contribution >= 4 is 12.1 Å². The molecule has 0 spiro atoms. The van der Waals surface area contributed by atoms with Gasteiger partial charge in [-0.1, -0.05) is 0 Å². The van der Waals surface area contributed by atoms with E-state index in [4.69, 9.17) is 9.47 Å². The van der Waals surface area contributed by atoms with E-state index < -0.39 is 17.8 Å². The van der Waals surface area contributed by atoms with Crippen LogP contribution in [0.4, 0.5) is 4.79 Å². The first-order valence-electron chi connectivity index (χ1n) is 7.07. The Morgan fingerprint density at radius 3 is 2.45 bits per heavy atom. The monoisotopic (exact) mass is 287 g/mol. The topological polar surface area (TPSA) is 84.9 Å². The molecule has 0 radical (unpaired) electrons. The average molecular weight is 287 g/mol. The van der Waals surface area contributed by atoms with Crippen molar-refractivity contribution in [3.8, 4) is 0 Å². The summed E-state index contributed by atoms with van der Waals surface area (Å²) in [4.78, 5) is 23.3. The molecule has 6 heteroatoms. The van der Waals surface area contributed by atoms with Gasteiger partial charge in [0.05, 0.1) is 24.7 Å². The molecule has 0 saturated heterocycles. The molecule has 1 fully saturated rings. The highest BCUT2D eigenvalue weighted by atomic mass is 16.6. The van der Waals surface area contributed by atoms with Crippen LogP contribution in [0, 0.1) is 5.92 Å². The van der Waals surface area contributed by atoms with E-state index >= 15 is 0 Å². The molecule has 0 unspecified atom stereocenters. The summed E-state index contributed by atoms with van der Waals surface area (Å²) in [5.74, 6) is -0.566. The highest BCUT2D eigenvalue weighted by Crippen LogP contribution is 2.26. The van der Waals surface area contributed by atoms with Crippen LogP contribution in [0.2, 0.25) is 0 Å². The number of ether oxygens (including phenoxy) is 2. The Morgan fingerprint density at radius 1 is 1.30 bits per heavy atom. The largest absolute Gasteiger partial charge is 0.466 e. The summed E-state index contributed by atoms with van der Waals surface area (Å²) in [7, 11) is 0. The van der Waals surface area contributed by atoms with E-state index in [2.05, 4.69) is 5.32 Å². The van der Waals surface area contributed by atoms with Crippen LogP contribution in [0.1, 0.15) is 47.0 Å². The molecule has 1 amide bonds.